The molecule has 1 aliphatic heterocycles. The number of hydrogen-bond acceptors (Lipinski definition) is 3. The van der Waals surface area contributed by atoms with Crippen LogP contribution in [0.25, 0.3) is 0 Å². The van der Waals surface area contributed by atoms with Crippen LogP contribution in [0.15, 0.2) is 0 Å². The fourth-order valence-corrected chi connectivity index (χ4v) is 2.55. The molecule has 2 fully saturated rings. The average Bonchev–Trinajstić information content (AvgIpc) is 3.05. The van der Waals surface area contributed by atoms with Crippen molar-refractivity contribution in [1.29, 1.82) is 0 Å². The first-order valence-corrected chi connectivity index (χ1v) is 6.46. The van der Waals surface area contributed by atoms with E-state index in [1.165, 1.54) is 19.3 Å². The van der Waals surface area contributed by atoms with Crippen LogP contribution in [0.5, 0.6) is 0 Å². The van der Waals surface area contributed by atoms with Gasteiger partial charge >= 0.3 is 0 Å². The lowest BCUT2D eigenvalue weighted by Crippen LogP contribution is -2.61. The van der Waals surface area contributed by atoms with E-state index in [4.69, 9.17) is 5.73 Å². The molecule has 92 valence electrons. The topological polar surface area (TPSA) is 58.4 Å². The van der Waals surface area contributed by atoms with Gasteiger partial charge in [0.15, 0.2) is 0 Å². The molecule has 0 unspecified atom stereocenters. The van der Waals surface area contributed by atoms with Crippen LogP contribution >= 0.6 is 0 Å². The molecule has 16 heavy (non-hydrogen) atoms. The number of hydrogen-bond donors (Lipinski definition) is 2. The minimum Gasteiger partial charge on any atom is -0.368 e. The van der Waals surface area contributed by atoms with Crippen molar-refractivity contribution in [2.45, 2.75) is 50.6 Å². The number of likely N-dealkylation sites (tertiary alicyclic amines) is 1. The number of piperidine rings is 1. The predicted octanol–water partition coefficient (Wildman–Crippen LogP) is 0.468. The van der Waals surface area contributed by atoms with Gasteiger partial charge in [-0.25, -0.2) is 0 Å². The van der Waals surface area contributed by atoms with Crippen molar-refractivity contribution >= 4 is 5.91 Å². The lowest BCUT2D eigenvalue weighted by atomic mass is 9.86. The highest BCUT2D eigenvalue weighted by atomic mass is 16.1. The molecule has 1 heterocycles. The summed E-state index contributed by atoms with van der Waals surface area (Å²) in [4.78, 5) is 14.1. The monoisotopic (exact) mass is 225 g/mol. The van der Waals surface area contributed by atoms with Gasteiger partial charge in [-0.15, -0.1) is 0 Å². The van der Waals surface area contributed by atoms with Gasteiger partial charge in [0, 0.05) is 19.1 Å². The molecule has 1 amide bonds. The van der Waals surface area contributed by atoms with Crippen molar-refractivity contribution in [2.75, 3.05) is 19.6 Å². The molecule has 0 bridgehead atoms. The van der Waals surface area contributed by atoms with Crippen LogP contribution in [0.1, 0.15) is 39.0 Å². The summed E-state index contributed by atoms with van der Waals surface area (Å²) in [6.07, 6.45) is 5.33. The Balaban J connectivity index is 1.92. The van der Waals surface area contributed by atoms with Crippen LogP contribution in [0, 0.1) is 0 Å². The number of carbonyl (C=O) groups excluding carboxylic acids is 1. The third-order valence-corrected chi connectivity index (χ3v) is 3.78. The minimum absolute atomic E-state index is 0.157. The third kappa shape index (κ3) is 2.55. The molecule has 0 aromatic heterocycles. The largest absolute Gasteiger partial charge is 0.368 e. The summed E-state index contributed by atoms with van der Waals surface area (Å²) in [5.41, 5.74) is 5.17. The zero-order valence-corrected chi connectivity index (χ0v) is 10.2. The van der Waals surface area contributed by atoms with Crippen molar-refractivity contribution in [2.24, 2.45) is 5.73 Å². The maximum atomic E-state index is 11.6. The Hall–Kier alpha value is -0.610. The van der Waals surface area contributed by atoms with Crippen molar-refractivity contribution in [3.63, 3.8) is 0 Å². The average molecular weight is 225 g/mol. The Kier molecular flexibility index (Phi) is 3.50. The summed E-state index contributed by atoms with van der Waals surface area (Å²) < 4.78 is 0. The predicted molar refractivity (Wildman–Crippen MR) is 64.0 cm³/mol. The molecule has 0 radical (unpaired) electrons. The van der Waals surface area contributed by atoms with Gasteiger partial charge in [0.2, 0.25) is 5.91 Å². The number of rotatable bonds is 5. The Morgan fingerprint density at radius 1 is 1.44 bits per heavy atom. The molecule has 4 nitrogen and oxygen atoms in total. The van der Waals surface area contributed by atoms with Crippen LogP contribution in [0.2, 0.25) is 0 Å². The van der Waals surface area contributed by atoms with E-state index in [-0.39, 0.29) is 5.91 Å². The highest BCUT2D eigenvalue weighted by Gasteiger charge is 2.43. The molecular weight excluding hydrogens is 202 g/mol. The Morgan fingerprint density at radius 2 is 2.06 bits per heavy atom. The molecule has 4 heteroatoms. The summed E-state index contributed by atoms with van der Waals surface area (Å²) in [5.74, 6) is -0.157. The maximum Gasteiger partial charge on any atom is 0.237 e. The fraction of sp³-hybridized carbons (Fsp3) is 0.917. The van der Waals surface area contributed by atoms with Gasteiger partial charge in [0.1, 0.15) is 5.54 Å². The molecular formula is C12H23N3O. The van der Waals surface area contributed by atoms with E-state index in [0.29, 0.717) is 6.04 Å². The van der Waals surface area contributed by atoms with E-state index in [9.17, 15) is 4.79 Å². The minimum atomic E-state index is -0.411. The molecule has 2 aliphatic rings. The quantitative estimate of drug-likeness (QED) is 0.715. The number of primary amides is 1. The maximum absolute atomic E-state index is 11.6. The van der Waals surface area contributed by atoms with E-state index in [0.717, 1.165) is 32.5 Å². The molecule has 0 spiro atoms. The standard InChI is InChI=1S/C12H23N3O/c1-2-7-15-8-5-12(6-9-15,11(13)16)14-10-3-4-10/h10,14H,2-9H2,1H3,(H2,13,16). The number of nitrogens with two attached hydrogens (primary N) is 1. The smallest absolute Gasteiger partial charge is 0.237 e. The van der Waals surface area contributed by atoms with Gasteiger partial charge in [-0.1, -0.05) is 6.92 Å². The fourth-order valence-electron chi connectivity index (χ4n) is 2.55. The molecule has 1 saturated heterocycles. The zero-order chi connectivity index (χ0) is 11.6. The second-order valence-electron chi connectivity index (χ2n) is 5.21. The Morgan fingerprint density at radius 3 is 2.50 bits per heavy atom. The van der Waals surface area contributed by atoms with Crippen molar-refractivity contribution in [3.05, 3.63) is 0 Å². The molecule has 3 N–H and O–H groups in total. The summed E-state index contributed by atoms with van der Waals surface area (Å²) in [6, 6.07) is 0.547. The van der Waals surface area contributed by atoms with Crippen LogP contribution < -0.4 is 11.1 Å². The first kappa shape index (κ1) is 11.9. The van der Waals surface area contributed by atoms with Crippen LogP contribution in [0.4, 0.5) is 0 Å². The number of nitrogens with zero attached hydrogens (tertiary/aromatic N) is 1. The molecule has 0 atom stereocenters. The first-order valence-electron chi connectivity index (χ1n) is 6.46. The Bertz CT molecular complexity index is 255. The van der Waals surface area contributed by atoms with E-state index >= 15 is 0 Å². The number of amides is 1. The van der Waals surface area contributed by atoms with Gasteiger partial charge < -0.3 is 16.0 Å². The lowest BCUT2D eigenvalue weighted by Gasteiger charge is -2.40. The second kappa shape index (κ2) is 4.72. The van der Waals surface area contributed by atoms with Gasteiger partial charge in [0.25, 0.3) is 0 Å². The van der Waals surface area contributed by atoms with Gasteiger partial charge in [-0.2, -0.15) is 0 Å². The van der Waals surface area contributed by atoms with Crippen molar-refractivity contribution < 1.29 is 4.79 Å². The lowest BCUT2D eigenvalue weighted by molar-refractivity contribution is -0.126. The van der Waals surface area contributed by atoms with E-state index < -0.39 is 5.54 Å². The first-order chi connectivity index (χ1) is 7.66. The summed E-state index contributed by atoms with van der Waals surface area (Å²) in [7, 11) is 0. The van der Waals surface area contributed by atoms with Crippen LogP contribution in [0.3, 0.4) is 0 Å². The van der Waals surface area contributed by atoms with Crippen LogP contribution in [-0.2, 0) is 4.79 Å². The zero-order valence-electron chi connectivity index (χ0n) is 10.2. The summed E-state index contributed by atoms with van der Waals surface area (Å²) in [6.45, 7) is 5.32. The highest BCUT2D eigenvalue weighted by molar-refractivity contribution is 5.85. The number of carbonyl (C=O) groups is 1. The number of nitrogens with one attached hydrogen (secondary N) is 1. The van der Waals surface area contributed by atoms with Gasteiger partial charge in [0.05, 0.1) is 0 Å². The molecule has 0 aromatic carbocycles. The van der Waals surface area contributed by atoms with E-state index in [1.54, 1.807) is 0 Å². The SMILES string of the molecule is CCCN1CCC(NC2CC2)(C(N)=O)CC1. The summed E-state index contributed by atoms with van der Waals surface area (Å²) >= 11 is 0. The van der Waals surface area contributed by atoms with Gasteiger partial charge in [-0.3, -0.25) is 4.79 Å². The van der Waals surface area contributed by atoms with Crippen LogP contribution in [-0.4, -0.2) is 42.0 Å². The highest BCUT2D eigenvalue weighted by Crippen LogP contribution is 2.28. The Labute approximate surface area is 97.6 Å². The third-order valence-electron chi connectivity index (χ3n) is 3.78. The van der Waals surface area contributed by atoms with Crippen molar-refractivity contribution in [1.82, 2.24) is 10.2 Å². The summed E-state index contributed by atoms with van der Waals surface area (Å²) in [5, 5.41) is 3.47. The van der Waals surface area contributed by atoms with Gasteiger partial charge in [-0.05, 0) is 38.6 Å². The molecule has 1 saturated carbocycles. The van der Waals surface area contributed by atoms with E-state index in [2.05, 4.69) is 17.1 Å². The second-order valence-corrected chi connectivity index (χ2v) is 5.21. The normalized spacial score (nSPS) is 25.6. The van der Waals surface area contributed by atoms with Crippen molar-refractivity contribution in [3.8, 4) is 0 Å². The molecule has 0 aromatic rings. The molecule has 2 rings (SSSR count). The molecule has 1 aliphatic carbocycles. The van der Waals surface area contributed by atoms with E-state index in [1.807, 2.05) is 0 Å².